The van der Waals surface area contributed by atoms with Gasteiger partial charge in [-0.2, -0.15) is 0 Å². The van der Waals surface area contributed by atoms with Crippen molar-refractivity contribution in [2.75, 3.05) is 0 Å². The first-order valence-electron chi connectivity index (χ1n) is 5.55. The van der Waals surface area contributed by atoms with Gasteiger partial charge in [-0.15, -0.1) is 0 Å². The maximum atomic E-state index is 11.5. The molecule has 0 bridgehead atoms. The van der Waals surface area contributed by atoms with Crippen molar-refractivity contribution >= 4 is 29.6 Å². The number of halogens is 1. The fourth-order valence-corrected chi connectivity index (χ4v) is 1.46. The fraction of sp³-hybridized carbons (Fsp3) is 0.231. The summed E-state index contributed by atoms with van der Waals surface area (Å²) < 4.78 is 0. The molecule has 0 radical (unpaired) electrons. The Morgan fingerprint density at radius 2 is 1.89 bits per heavy atom. The van der Waals surface area contributed by atoms with Crippen LogP contribution in [0.5, 0.6) is 0 Å². The molecule has 0 aliphatic heterocycles. The summed E-state index contributed by atoms with van der Waals surface area (Å²) >= 11 is 5.72. The van der Waals surface area contributed by atoms with Gasteiger partial charge in [0, 0.05) is 11.1 Å². The highest BCUT2D eigenvalue weighted by Gasteiger charge is 2.23. The van der Waals surface area contributed by atoms with Gasteiger partial charge in [0.05, 0.1) is 6.10 Å². The second-order valence-electron chi connectivity index (χ2n) is 3.95. The Labute approximate surface area is 115 Å². The molecule has 2 atom stereocenters. The molecular formula is C13H14ClNO4. The molecule has 1 aromatic rings. The minimum Gasteiger partial charge on any atom is -0.480 e. The quantitative estimate of drug-likeness (QED) is 0.711. The lowest BCUT2D eigenvalue weighted by Gasteiger charge is -2.15. The van der Waals surface area contributed by atoms with Crippen LogP contribution >= 0.6 is 11.6 Å². The van der Waals surface area contributed by atoms with Crippen LogP contribution in [0.4, 0.5) is 0 Å². The van der Waals surface area contributed by atoms with Crippen molar-refractivity contribution in [2.45, 2.75) is 19.1 Å². The number of carbonyl (C=O) groups is 2. The third-order valence-corrected chi connectivity index (χ3v) is 2.60. The summed E-state index contributed by atoms with van der Waals surface area (Å²) in [5, 5.41) is 20.8. The average molecular weight is 284 g/mol. The third kappa shape index (κ3) is 5.11. The summed E-state index contributed by atoms with van der Waals surface area (Å²) in [5.74, 6) is -1.88. The molecule has 2 unspecified atom stereocenters. The van der Waals surface area contributed by atoms with Gasteiger partial charge in [-0.25, -0.2) is 4.79 Å². The van der Waals surface area contributed by atoms with Crippen LogP contribution in [0.3, 0.4) is 0 Å². The maximum absolute atomic E-state index is 11.5. The van der Waals surface area contributed by atoms with Crippen LogP contribution in [-0.2, 0) is 9.59 Å². The standard InChI is InChI=1S/C13H14ClNO4/c1-8(16)12(13(18)19)15-11(17)7-4-9-2-5-10(14)6-3-9/h2-8,12,16H,1H3,(H,15,17)(H,18,19)/b7-4+. The number of amides is 1. The van der Waals surface area contributed by atoms with E-state index in [-0.39, 0.29) is 0 Å². The highest BCUT2D eigenvalue weighted by molar-refractivity contribution is 6.30. The number of benzene rings is 1. The van der Waals surface area contributed by atoms with E-state index in [1.54, 1.807) is 24.3 Å². The molecule has 0 aromatic heterocycles. The van der Waals surface area contributed by atoms with E-state index in [2.05, 4.69) is 5.32 Å². The number of aliphatic carboxylic acids is 1. The first kappa shape index (κ1) is 15.2. The molecular weight excluding hydrogens is 270 g/mol. The smallest absolute Gasteiger partial charge is 0.328 e. The lowest BCUT2D eigenvalue weighted by molar-refractivity contribution is -0.144. The molecule has 0 saturated carbocycles. The molecule has 0 heterocycles. The van der Waals surface area contributed by atoms with Gasteiger partial charge in [-0.1, -0.05) is 23.7 Å². The fourth-order valence-electron chi connectivity index (χ4n) is 1.34. The van der Waals surface area contributed by atoms with Crippen LogP contribution in [0.15, 0.2) is 30.3 Å². The van der Waals surface area contributed by atoms with E-state index in [4.69, 9.17) is 16.7 Å². The molecule has 19 heavy (non-hydrogen) atoms. The summed E-state index contributed by atoms with van der Waals surface area (Å²) in [4.78, 5) is 22.3. The maximum Gasteiger partial charge on any atom is 0.328 e. The van der Waals surface area contributed by atoms with E-state index in [0.29, 0.717) is 5.02 Å². The lowest BCUT2D eigenvalue weighted by Crippen LogP contribution is -2.47. The van der Waals surface area contributed by atoms with Crippen molar-refractivity contribution in [2.24, 2.45) is 0 Å². The average Bonchev–Trinajstić information content (AvgIpc) is 2.34. The van der Waals surface area contributed by atoms with E-state index in [1.807, 2.05) is 0 Å². The predicted octanol–water partition coefficient (Wildman–Crippen LogP) is 1.30. The highest BCUT2D eigenvalue weighted by atomic mass is 35.5. The summed E-state index contributed by atoms with van der Waals surface area (Å²) in [6.45, 7) is 1.29. The SMILES string of the molecule is CC(O)C(NC(=O)/C=C/c1ccc(Cl)cc1)C(=O)O. The summed E-state index contributed by atoms with van der Waals surface area (Å²) in [6.07, 6.45) is 1.54. The van der Waals surface area contributed by atoms with Crippen molar-refractivity contribution in [3.63, 3.8) is 0 Å². The van der Waals surface area contributed by atoms with Crippen LogP contribution in [0, 0.1) is 0 Å². The molecule has 0 saturated heterocycles. The monoisotopic (exact) mass is 283 g/mol. The van der Waals surface area contributed by atoms with Crippen molar-refractivity contribution < 1.29 is 19.8 Å². The van der Waals surface area contributed by atoms with Gasteiger partial charge in [-0.05, 0) is 30.7 Å². The summed E-state index contributed by atoms with van der Waals surface area (Å²) in [6, 6.07) is 5.46. The van der Waals surface area contributed by atoms with Gasteiger partial charge >= 0.3 is 5.97 Å². The number of hydrogen-bond acceptors (Lipinski definition) is 3. The van der Waals surface area contributed by atoms with Crippen LogP contribution in [0.25, 0.3) is 6.08 Å². The molecule has 1 amide bonds. The van der Waals surface area contributed by atoms with Gasteiger partial charge in [0.2, 0.25) is 5.91 Å². The van der Waals surface area contributed by atoms with Crippen molar-refractivity contribution in [3.05, 3.63) is 40.9 Å². The molecule has 6 heteroatoms. The number of rotatable bonds is 5. The molecule has 1 aromatic carbocycles. The zero-order valence-corrected chi connectivity index (χ0v) is 11.0. The molecule has 0 aliphatic carbocycles. The number of carbonyl (C=O) groups excluding carboxylic acids is 1. The summed E-state index contributed by atoms with van der Waals surface area (Å²) in [5.41, 5.74) is 0.753. The minimum absolute atomic E-state index is 0.585. The van der Waals surface area contributed by atoms with Gasteiger partial charge in [0.1, 0.15) is 0 Å². The Bertz CT molecular complexity index is 482. The highest BCUT2D eigenvalue weighted by Crippen LogP contribution is 2.10. The van der Waals surface area contributed by atoms with Crippen molar-refractivity contribution in [3.8, 4) is 0 Å². The molecule has 0 aliphatic rings. The topological polar surface area (TPSA) is 86.6 Å². The first-order chi connectivity index (χ1) is 8.90. The van der Waals surface area contributed by atoms with E-state index in [1.165, 1.54) is 19.1 Å². The zero-order chi connectivity index (χ0) is 14.4. The van der Waals surface area contributed by atoms with Crippen molar-refractivity contribution in [1.82, 2.24) is 5.32 Å². The number of carboxylic acids is 1. The third-order valence-electron chi connectivity index (χ3n) is 2.34. The van der Waals surface area contributed by atoms with Gasteiger partial charge in [0.15, 0.2) is 6.04 Å². The molecule has 102 valence electrons. The number of aliphatic hydroxyl groups is 1. The number of nitrogens with one attached hydrogen (secondary N) is 1. The molecule has 5 nitrogen and oxygen atoms in total. The van der Waals surface area contributed by atoms with Gasteiger partial charge in [0.25, 0.3) is 0 Å². The first-order valence-corrected chi connectivity index (χ1v) is 5.93. The molecule has 1 rings (SSSR count). The number of hydrogen-bond donors (Lipinski definition) is 3. The Morgan fingerprint density at radius 1 is 1.32 bits per heavy atom. The van der Waals surface area contributed by atoms with Crippen molar-refractivity contribution in [1.29, 1.82) is 0 Å². The zero-order valence-electron chi connectivity index (χ0n) is 10.2. The number of aliphatic hydroxyl groups excluding tert-OH is 1. The van der Waals surface area contributed by atoms with Gasteiger partial charge < -0.3 is 15.5 Å². The van der Waals surface area contributed by atoms with Crippen LogP contribution in [0.1, 0.15) is 12.5 Å². The largest absolute Gasteiger partial charge is 0.480 e. The Morgan fingerprint density at radius 3 is 2.37 bits per heavy atom. The Balaban J connectivity index is 2.64. The Hall–Kier alpha value is -1.85. The lowest BCUT2D eigenvalue weighted by atomic mass is 10.1. The number of carboxylic acid groups (broad SMARTS) is 1. The van der Waals surface area contributed by atoms with Crippen LogP contribution in [-0.4, -0.2) is 34.2 Å². The minimum atomic E-state index is -1.33. The van der Waals surface area contributed by atoms with E-state index in [0.717, 1.165) is 5.56 Å². The van der Waals surface area contributed by atoms with E-state index in [9.17, 15) is 14.7 Å². The molecule has 0 fully saturated rings. The second-order valence-corrected chi connectivity index (χ2v) is 4.39. The van der Waals surface area contributed by atoms with Crippen LogP contribution in [0.2, 0.25) is 5.02 Å². The van der Waals surface area contributed by atoms with E-state index < -0.39 is 24.0 Å². The second kappa shape index (κ2) is 6.92. The van der Waals surface area contributed by atoms with Gasteiger partial charge in [-0.3, -0.25) is 4.79 Å². The molecule has 0 spiro atoms. The molecule has 3 N–H and O–H groups in total. The van der Waals surface area contributed by atoms with E-state index >= 15 is 0 Å². The van der Waals surface area contributed by atoms with Crippen LogP contribution < -0.4 is 5.32 Å². The Kier molecular flexibility index (Phi) is 5.54. The summed E-state index contributed by atoms with van der Waals surface area (Å²) in [7, 11) is 0. The normalized spacial score (nSPS) is 14.1. The predicted molar refractivity (Wildman–Crippen MR) is 71.7 cm³/mol.